The molecule has 1 rings (SSSR count). The van der Waals surface area contributed by atoms with E-state index in [1.54, 1.807) is 6.92 Å². The van der Waals surface area contributed by atoms with Gasteiger partial charge in [-0.25, -0.2) is 4.79 Å². The number of halogens is 1. The van der Waals surface area contributed by atoms with Crippen molar-refractivity contribution >= 4 is 24.3 Å². The second-order valence-electron chi connectivity index (χ2n) is 3.76. The van der Waals surface area contributed by atoms with Gasteiger partial charge >= 0.3 is 5.97 Å². The van der Waals surface area contributed by atoms with E-state index in [1.165, 1.54) is 7.11 Å². The van der Waals surface area contributed by atoms with Crippen molar-refractivity contribution in [1.82, 2.24) is 10.6 Å². The Morgan fingerprint density at radius 3 is 2.62 bits per heavy atom. The molecule has 1 heterocycles. The lowest BCUT2D eigenvalue weighted by atomic mass is 10.0. The van der Waals surface area contributed by atoms with Gasteiger partial charge in [-0.3, -0.25) is 4.79 Å². The maximum atomic E-state index is 11.6. The first-order valence-electron chi connectivity index (χ1n) is 5.26. The van der Waals surface area contributed by atoms with Gasteiger partial charge < -0.3 is 15.4 Å². The van der Waals surface area contributed by atoms with Crippen LogP contribution in [0.4, 0.5) is 0 Å². The molecule has 1 aliphatic rings. The highest BCUT2D eigenvalue weighted by atomic mass is 35.5. The van der Waals surface area contributed by atoms with Crippen LogP contribution in [0.2, 0.25) is 0 Å². The van der Waals surface area contributed by atoms with E-state index >= 15 is 0 Å². The van der Waals surface area contributed by atoms with Crippen molar-refractivity contribution in [1.29, 1.82) is 0 Å². The number of methoxy groups -OCH3 is 1. The van der Waals surface area contributed by atoms with Crippen molar-refractivity contribution in [3.63, 3.8) is 0 Å². The summed E-state index contributed by atoms with van der Waals surface area (Å²) < 4.78 is 4.53. The zero-order chi connectivity index (χ0) is 11.3. The molecule has 5 nitrogen and oxygen atoms in total. The molecule has 1 unspecified atom stereocenters. The predicted molar refractivity (Wildman–Crippen MR) is 62.5 cm³/mol. The Morgan fingerprint density at radius 2 is 2.12 bits per heavy atom. The quantitative estimate of drug-likeness (QED) is 0.704. The highest BCUT2D eigenvalue weighted by molar-refractivity contribution is 5.87. The number of hydrogen-bond acceptors (Lipinski definition) is 4. The topological polar surface area (TPSA) is 67.4 Å². The van der Waals surface area contributed by atoms with Crippen LogP contribution in [-0.2, 0) is 14.3 Å². The number of carbonyl (C=O) groups excluding carboxylic acids is 2. The Balaban J connectivity index is 0.00000225. The first kappa shape index (κ1) is 15.2. The van der Waals surface area contributed by atoms with Crippen LogP contribution in [0.3, 0.4) is 0 Å². The van der Waals surface area contributed by atoms with Crippen molar-refractivity contribution < 1.29 is 14.3 Å². The van der Waals surface area contributed by atoms with Gasteiger partial charge in [0.2, 0.25) is 5.91 Å². The molecule has 0 radical (unpaired) electrons. The van der Waals surface area contributed by atoms with Crippen LogP contribution in [0.15, 0.2) is 0 Å². The summed E-state index contributed by atoms with van der Waals surface area (Å²) in [6.45, 7) is 2.48. The van der Waals surface area contributed by atoms with Gasteiger partial charge in [0.15, 0.2) is 0 Å². The zero-order valence-corrected chi connectivity index (χ0v) is 10.4. The normalized spacial score (nSPS) is 21.5. The lowest BCUT2D eigenvalue weighted by Gasteiger charge is -2.23. The summed E-state index contributed by atoms with van der Waals surface area (Å²) in [5.41, 5.74) is 0. The fraction of sp³-hybridized carbons (Fsp3) is 0.800. The molecule has 0 aromatic carbocycles. The minimum atomic E-state index is -0.578. The molecule has 0 aromatic heterocycles. The van der Waals surface area contributed by atoms with Crippen molar-refractivity contribution in [2.24, 2.45) is 0 Å². The Hall–Kier alpha value is -0.810. The van der Waals surface area contributed by atoms with Crippen molar-refractivity contribution in [2.75, 3.05) is 13.7 Å². The molecule has 1 amide bonds. The van der Waals surface area contributed by atoms with Crippen molar-refractivity contribution in [3.05, 3.63) is 0 Å². The Labute approximate surface area is 102 Å². The summed E-state index contributed by atoms with van der Waals surface area (Å²) in [7, 11) is 1.31. The lowest BCUT2D eigenvalue weighted by Crippen LogP contribution is -2.50. The summed E-state index contributed by atoms with van der Waals surface area (Å²) in [6, 6.07) is -0.739. The fourth-order valence-corrected chi connectivity index (χ4v) is 1.63. The van der Waals surface area contributed by atoms with Gasteiger partial charge in [-0.1, -0.05) is 6.42 Å². The maximum absolute atomic E-state index is 11.6. The first-order chi connectivity index (χ1) is 7.15. The number of esters is 1. The molecule has 6 heteroatoms. The fourth-order valence-electron chi connectivity index (χ4n) is 1.63. The number of rotatable bonds is 3. The average molecular weight is 251 g/mol. The summed E-state index contributed by atoms with van der Waals surface area (Å²) in [5.74, 6) is -0.535. The van der Waals surface area contributed by atoms with E-state index in [2.05, 4.69) is 15.4 Å². The third-order valence-electron chi connectivity index (χ3n) is 2.54. The van der Waals surface area contributed by atoms with E-state index in [4.69, 9.17) is 0 Å². The van der Waals surface area contributed by atoms with Crippen molar-refractivity contribution in [3.8, 4) is 0 Å². The molecular weight excluding hydrogens is 232 g/mol. The maximum Gasteiger partial charge on any atom is 0.328 e. The van der Waals surface area contributed by atoms with Gasteiger partial charge in [0.05, 0.1) is 13.2 Å². The van der Waals surface area contributed by atoms with Gasteiger partial charge in [-0.05, 0) is 26.3 Å². The highest BCUT2D eigenvalue weighted by Crippen LogP contribution is 2.07. The standard InChI is InChI=1S/C10H18N2O3.ClH/c1-7(10(14)15-2)12-9(13)8-5-3-4-6-11-8;/h7-8,11H,3-6H2,1-2H3,(H,12,13);1H/t7-,8?;/m0./s1. The van der Waals surface area contributed by atoms with Gasteiger partial charge in [0, 0.05) is 0 Å². The van der Waals surface area contributed by atoms with Crippen LogP contribution >= 0.6 is 12.4 Å². The SMILES string of the molecule is COC(=O)[C@H](C)NC(=O)C1CCCCN1.Cl. The molecule has 0 saturated carbocycles. The van der Waals surface area contributed by atoms with E-state index in [9.17, 15) is 9.59 Å². The molecule has 94 valence electrons. The molecule has 0 spiro atoms. The van der Waals surface area contributed by atoms with E-state index in [-0.39, 0.29) is 24.4 Å². The van der Waals surface area contributed by atoms with E-state index in [0.29, 0.717) is 0 Å². The number of piperidine rings is 1. The lowest BCUT2D eigenvalue weighted by molar-refractivity contribution is -0.144. The number of amides is 1. The largest absolute Gasteiger partial charge is 0.467 e. The molecule has 0 bridgehead atoms. The third-order valence-corrected chi connectivity index (χ3v) is 2.54. The average Bonchev–Trinajstić information content (AvgIpc) is 2.29. The number of ether oxygens (including phenoxy) is 1. The summed E-state index contributed by atoms with van der Waals surface area (Å²) in [4.78, 5) is 22.7. The molecule has 1 saturated heterocycles. The highest BCUT2D eigenvalue weighted by Gasteiger charge is 2.23. The van der Waals surface area contributed by atoms with Gasteiger partial charge in [-0.15, -0.1) is 12.4 Å². The van der Waals surface area contributed by atoms with Crippen LogP contribution in [0.1, 0.15) is 26.2 Å². The van der Waals surface area contributed by atoms with E-state index in [0.717, 1.165) is 25.8 Å². The molecule has 1 fully saturated rings. The molecule has 2 N–H and O–H groups in total. The van der Waals surface area contributed by atoms with Crippen LogP contribution in [-0.4, -0.2) is 37.6 Å². The molecular formula is C10H19ClN2O3. The van der Waals surface area contributed by atoms with E-state index < -0.39 is 12.0 Å². The summed E-state index contributed by atoms with van der Waals surface area (Å²) >= 11 is 0. The minimum absolute atomic E-state index is 0. The molecule has 1 aliphatic heterocycles. The van der Waals surface area contributed by atoms with Gasteiger partial charge in [0.25, 0.3) is 0 Å². The Bertz CT molecular complexity index is 242. The van der Waals surface area contributed by atoms with Crippen LogP contribution in [0.5, 0.6) is 0 Å². The molecule has 0 aliphatic carbocycles. The molecule has 16 heavy (non-hydrogen) atoms. The minimum Gasteiger partial charge on any atom is -0.467 e. The molecule has 0 aromatic rings. The first-order valence-corrected chi connectivity index (χ1v) is 5.26. The second kappa shape index (κ2) is 7.46. The summed E-state index contributed by atoms with van der Waals surface area (Å²) in [5, 5.41) is 5.74. The van der Waals surface area contributed by atoms with Crippen LogP contribution in [0.25, 0.3) is 0 Å². The monoisotopic (exact) mass is 250 g/mol. The smallest absolute Gasteiger partial charge is 0.328 e. The van der Waals surface area contributed by atoms with Crippen molar-refractivity contribution in [2.45, 2.75) is 38.3 Å². The van der Waals surface area contributed by atoms with Gasteiger partial charge in [-0.2, -0.15) is 0 Å². The number of carbonyl (C=O) groups is 2. The third kappa shape index (κ3) is 4.37. The van der Waals surface area contributed by atoms with Gasteiger partial charge in [0.1, 0.15) is 6.04 Å². The van der Waals surface area contributed by atoms with E-state index in [1.807, 2.05) is 0 Å². The number of nitrogens with one attached hydrogen (secondary N) is 2. The van der Waals surface area contributed by atoms with Crippen LogP contribution in [0, 0.1) is 0 Å². The summed E-state index contributed by atoms with van der Waals surface area (Å²) in [6.07, 6.45) is 2.99. The predicted octanol–water partition coefficient (Wildman–Crippen LogP) is 0.228. The van der Waals surface area contributed by atoms with Crippen LogP contribution < -0.4 is 10.6 Å². The zero-order valence-electron chi connectivity index (χ0n) is 9.62. The Kier molecular flexibility index (Phi) is 7.08. The Morgan fingerprint density at radius 1 is 1.44 bits per heavy atom. The molecule has 2 atom stereocenters. The number of hydrogen-bond donors (Lipinski definition) is 2. The second-order valence-corrected chi connectivity index (χ2v) is 3.76.